The molecule has 1 amide bonds. The van der Waals surface area contributed by atoms with E-state index in [0.29, 0.717) is 5.16 Å². The number of ether oxygens (including phenoxy) is 1. The summed E-state index contributed by atoms with van der Waals surface area (Å²) < 4.78 is 7.22. The molecule has 1 aromatic heterocycles. The Morgan fingerprint density at radius 1 is 1.11 bits per heavy atom. The number of amides is 1. The van der Waals surface area contributed by atoms with Gasteiger partial charge in [-0.25, -0.2) is 0 Å². The van der Waals surface area contributed by atoms with E-state index in [1.165, 1.54) is 11.8 Å². The number of carbonyl (C=O) groups is 1. The van der Waals surface area contributed by atoms with Crippen molar-refractivity contribution >= 4 is 17.7 Å². The molecule has 1 aliphatic rings. The van der Waals surface area contributed by atoms with Crippen LogP contribution in [0, 0.1) is 0 Å². The monoisotopic (exact) mass is 394 g/mol. The molecule has 0 aliphatic carbocycles. The standard InChI is InChI=1S/C21H22N4O2S/c1-27-18-11-7-10-17(14-18)25-15-22-23-21(25)28-19(16-8-3-2-4-9-16)20(26)24-12-5-6-13-24/h2-4,7-11,14-15,19H,5-6,12-13H2,1H3/t19-/m0/s1. The Balaban J connectivity index is 1.66. The molecule has 0 radical (unpaired) electrons. The second-order valence-corrected chi connectivity index (χ2v) is 7.70. The van der Waals surface area contributed by atoms with Crippen molar-refractivity contribution in [3.05, 3.63) is 66.5 Å². The second-order valence-electron chi connectivity index (χ2n) is 6.63. The lowest BCUT2D eigenvalue weighted by Gasteiger charge is -2.23. The topological polar surface area (TPSA) is 60.2 Å². The van der Waals surface area contributed by atoms with Gasteiger partial charge in [-0.15, -0.1) is 10.2 Å². The van der Waals surface area contributed by atoms with Crippen LogP contribution in [0.25, 0.3) is 5.69 Å². The van der Waals surface area contributed by atoms with Crippen LogP contribution < -0.4 is 4.74 Å². The summed E-state index contributed by atoms with van der Waals surface area (Å²) in [6, 6.07) is 17.6. The van der Waals surface area contributed by atoms with E-state index in [9.17, 15) is 4.79 Å². The van der Waals surface area contributed by atoms with Gasteiger partial charge in [0.1, 0.15) is 17.3 Å². The van der Waals surface area contributed by atoms with Crippen molar-refractivity contribution < 1.29 is 9.53 Å². The minimum absolute atomic E-state index is 0.133. The van der Waals surface area contributed by atoms with Gasteiger partial charge in [0.15, 0.2) is 5.16 Å². The van der Waals surface area contributed by atoms with Gasteiger partial charge in [0.25, 0.3) is 0 Å². The molecule has 0 N–H and O–H groups in total. The van der Waals surface area contributed by atoms with Gasteiger partial charge in [-0.2, -0.15) is 0 Å². The van der Waals surface area contributed by atoms with Crippen molar-refractivity contribution in [1.29, 1.82) is 0 Å². The molecule has 144 valence electrons. The first-order valence-electron chi connectivity index (χ1n) is 9.31. The third kappa shape index (κ3) is 3.89. The molecule has 2 aromatic carbocycles. The SMILES string of the molecule is COc1cccc(-n2cnnc2S[C@H](C(=O)N2CCCC2)c2ccccc2)c1. The van der Waals surface area contributed by atoms with E-state index in [1.54, 1.807) is 13.4 Å². The number of benzene rings is 2. The Hall–Kier alpha value is -2.80. The molecule has 0 spiro atoms. The Morgan fingerprint density at radius 2 is 1.89 bits per heavy atom. The molecule has 1 atom stereocenters. The van der Waals surface area contributed by atoms with Crippen molar-refractivity contribution in [3.8, 4) is 11.4 Å². The first kappa shape index (κ1) is 18.6. The number of rotatable bonds is 6. The van der Waals surface area contributed by atoms with Crippen LogP contribution in [0.3, 0.4) is 0 Å². The van der Waals surface area contributed by atoms with Gasteiger partial charge in [-0.05, 0) is 30.5 Å². The van der Waals surface area contributed by atoms with Gasteiger partial charge in [0, 0.05) is 19.2 Å². The van der Waals surface area contributed by atoms with Gasteiger partial charge in [-0.3, -0.25) is 9.36 Å². The third-order valence-electron chi connectivity index (χ3n) is 4.82. The predicted octanol–water partition coefficient (Wildman–Crippen LogP) is 3.73. The van der Waals surface area contributed by atoms with Crippen molar-refractivity contribution in [2.75, 3.05) is 20.2 Å². The lowest BCUT2D eigenvalue weighted by Crippen LogP contribution is -2.31. The fourth-order valence-electron chi connectivity index (χ4n) is 3.34. The fraction of sp³-hybridized carbons (Fsp3) is 0.286. The van der Waals surface area contributed by atoms with E-state index in [-0.39, 0.29) is 11.2 Å². The summed E-state index contributed by atoms with van der Waals surface area (Å²) in [6.07, 6.45) is 3.80. The highest BCUT2D eigenvalue weighted by Crippen LogP contribution is 2.37. The first-order chi connectivity index (χ1) is 13.8. The summed E-state index contributed by atoms with van der Waals surface area (Å²) in [5.41, 5.74) is 1.87. The largest absolute Gasteiger partial charge is 0.497 e. The smallest absolute Gasteiger partial charge is 0.240 e. The van der Waals surface area contributed by atoms with Crippen LogP contribution in [0.15, 0.2) is 66.1 Å². The average Bonchev–Trinajstić information content (AvgIpc) is 3.44. The summed E-state index contributed by atoms with van der Waals surface area (Å²) in [7, 11) is 1.64. The van der Waals surface area contributed by atoms with E-state index in [0.717, 1.165) is 42.9 Å². The zero-order valence-corrected chi connectivity index (χ0v) is 16.5. The van der Waals surface area contributed by atoms with E-state index < -0.39 is 0 Å². The van der Waals surface area contributed by atoms with Gasteiger partial charge in [-0.1, -0.05) is 48.2 Å². The Kier molecular flexibility index (Phi) is 5.62. The normalized spacial score (nSPS) is 14.8. The maximum absolute atomic E-state index is 13.2. The van der Waals surface area contributed by atoms with Crippen molar-refractivity contribution in [2.24, 2.45) is 0 Å². The second kappa shape index (κ2) is 8.48. The van der Waals surface area contributed by atoms with Gasteiger partial charge < -0.3 is 9.64 Å². The van der Waals surface area contributed by atoms with Crippen molar-refractivity contribution in [3.63, 3.8) is 0 Å². The molecule has 0 saturated carbocycles. The fourth-order valence-corrected chi connectivity index (χ4v) is 4.45. The highest BCUT2D eigenvalue weighted by Gasteiger charge is 2.30. The van der Waals surface area contributed by atoms with E-state index in [1.807, 2.05) is 64.1 Å². The number of hydrogen-bond donors (Lipinski definition) is 0. The quantitative estimate of drug-likeness (QED) is 0.596. The van der Waals surface area contributed by atoms with Crippen molar-refractivity contribution in [1.82, 2.24) is 19.7 Å². The molecule has 28 heavy (non-hydrogen) atoms. The van der Waals surface area contributed by atoms with Crippen LogP contribution in [0.5, 0.6) is 5.75 Å². The van der Waals surface area contributed by atoms with E-state index in [2.05, 4.69) is 10.2 Å². The molecule has 4 rings (SSSR count). The molecule has 1 aliphatic heterocycles. The van der Waals surface area contributed by atoms with E-state index in [4.69, 9.17) is 4.74 Å². The Labute approximate surface area is 168 Å². The zero-order valence-electron chi connectivity index (χ0n) is 15.7. The molecule has 0 bridgehead atoms. The molecule has 7 heteroatoms. The number of carbonyl (C=O) groups excluding carboxylic acids is 1. The summed E-state index contributed by atoms with van der Waals surface area (Å²) in [4.78, 5) is 15.2. The molecule has 1 saturated heterocycles. The van der Waals surface area contributed by atoms with Crippen molar-refractivity contribution in [2.45, 2.75) is 23.2 Å². The van der Waals surface area contributed by atoms with E-state index >= 15 is 0 Å². The van der Waals surface area contributed by atoms with Crippen LogP contribution in [0.4, 0.5) is 0 Å². The first-order valence-corrected chi connectivity index (χ1v) is 10.2. The maximum atomic E-state index is 13.2. The number of methoxy groups -OCH3 is 1. The molecular formula is C21H22N4O2S. The average molecular weight is 395 g/mol. The highest BCUT2D eigenvalue weighted by atomic mass is 32.2. The Morgan fingerprint density at radius 3 is 2.64 bits per heavy atom. The molecule has 3 aromatic rings. The lowest BCUT2D eigenvalue weighted by molar-refractivity contribution is -0.129. The number of likely N-dealkylation sites (tertiary alicyclic amines) is 1. The maximum Gasteiger partial charge on any atom is 0.240 e. The minimum Gasteiger partial charge on any atom is -0.497 e. The summed E-state index contributed by atoms with van der Waals surface area (Å²) in [6.45, 7) is 1.65. The molecule has 2 heterocycles. The number of hydrogen-bond acceptors (Lipinski definition) is 5. The molecular weight excluding hydrogens is 372 g/mol. The summed E-state index contributed by atoms with van der Waals surface area (Å²) >= 11 is 1.44. The Bertz CT molecular complexity index is 938. The number of nitrogens with zero attached hydrogens (tertiary/aromatic N) is 4. The van der Waals surface area contributed by atoms with Gasteiger partial charge in [0.05, 0.1) is 12.8 Å². The zero-order chi connectivity index (χ0) is 19.3. The number of thioether (sulfide) groups is 1. The highest BCUT2D eigenvalue weighted by molar-refractivity contribution is 8.00. The summed E-state index contributed by atoms with van der Waals surface area (Å²) in [5.74, 6) is 0.892. The predicted molar refractivity (Wildman–Crippen MR) is 109 cm³/mol. The number of aromatic nitrogens is 3. The minimum atomic E-state index is -0.354. The third-order valence-corrected chi connectivity index (χ3v) is 6.01. The molecule has 1 fully saturated rings. The van der Waals surface area contributed by atoms with Crippen LogP contribution >= 0.6 is 11.8 Å². The summed E-state index contributed by atoms with van der Waals surface area (Å²) in [5, 5.41) is 8.69. The van der Waals surface area contributed by atoms with Gasteiger partial charge >= 0.3 is 0 Å². The molecule has 6 nitrogen and oxygen atoms in total. The van der Waals surface area contributed by atoms with Crippen LogP contribution in [0.2, 0.25) is 0 Å². The van der Waals surface area contributed by atoms with Crippen LogP contribution in [0.1, 0.15) is 23.7 Å². The van der Waals surface area contributed by atoms with Gasteiger partial charge in [0.2, 0.25) is 5.91 Å². The lowest BCUT2D eigenvalue weighted by atomic mass is 10.1. The van der Waals surface area contributed by atoms with Crippen LogP contribution in [-0.4, -0.2) is 45.8 Å². The molecule has 0 unspecified atom stereocenters. The van der Waals surface area contributed by atoms with Crippen LogP contribution in [-0.2, 0) is 4.79 Å².